The average Bonchev–Trinajstić information content (AvgIpc) is 2.68. The van der Waals surface area contributed by atoms with Crippen LogP contribution < -0.4 is 11.1 Å². The summed E-state index contributed by atoms with van der Waals surface area (Å²) in [5.74, 6) is 0. The minimum atomic E-state index is 0.838. The summed E-state index contributed by atoms with van der Waals surface area (Å²) < 4.78 is 1.23. The Morgan fingerprint density at radius 1 is 1.19 bits per heavy atom. The lowest BCUT2D eigenvalue weighted by atomic mass is 10.1. The Hall–Kier alpha value is 0.100. The lowest BCUT2D eigenvalue weighted by molar-refractivity contribution is 0.579. The van der Waals surface area contributed by atoms with Crippen LogP contribution in [0.1, 0.15) is 37.0 Å². The van der Waals surface area contributed by atoms with Crippen LogP contribution in [0, 0.1) is 0 Å². The first kappa shape index (κ1) is 14.2. The third-order valence-electron chi connectivity index (χ3n) is 2.53. The van der Waals surface area contributed by atoms with E-state index in [1.54, 1.807) is 11.3 Å². The van der Waals surface area contributed by atoms with Gasteiger partial charge in [-0.05, 0) is 53.3 Å². The van der Waals surface area contributed by atoms with Crippen LogP contribution in [0.5, 0.6) is 0 Å². The molecule has 3 N–H and O–H groups in total. The fourth-order valence-corrected chi connectivity index (χ4v) is 3.04. The van der Waals surface area contributed by atoms with Crippen LogP contribution in [0.2, 0.25) is 0 Å². The molecule has 0 fully saturated rings. The molecule has 1 aromatic rings. The first-order valence-electron chi connectivity index (χ1n) is 5.97. The highest BCUT2D eigenvalue weighted by atomic mass is 79.9. The first-order valence-corrected chi connectivity index (χ1v) is 7.64. The first-order chi connectivity index (χ1) is 7.84. The van der Waals surface area contributed by atoms with E-state index in [9.17, 15) is 0 Å². The topological polar surface area (TPSA) is 38.0 Å². The van der Waals surface area contributed by atoms with E-state index < -0.39 is 0 Å². The van der Waals surface area contributed by atoms with Crippen molar-refractivity contribution in [2.75, 3.05) is 13.1 Å². The lowest BCUT2D eigenvalue weighted by Gasteiger charge is -2.03. The molecule has 0 unspecified atom stereocenters. The maximum absolute atomic E-state index is 5.44. The summed E-state index contributed by atoms with van der Waals surface area (Å²) in [7, 11) is 0. The number of hydrogen-bond acceptors (Lipinski definition) is 3. The third kappa shape index (κ3) is 5.99. The highest BCUT2D eigenvalue weighted by molar-refractivity contribution is 9.10. The largest absolute Gasteiger partial charge is 0.330 e. The highest BCUT2D eigenvalue weighted by Crippen LogP contribution is 2.22. The number of rotatable bonds is 9. The molecule has 2 nitrogen and oxygen atoms in total. The molecule has 92 valence electrons. The Labute approximate surface area is 111 Å². The zero-order valence-electron chi connectivity index (χ0n) is 9.68. The van der Waals surface area contributed by atoms with E-state index in [1.165, 1.54) is 41.5 Å². The van der Waals surface area contributed by atoms with Crippen molar-refractivity contribution in [2.45, 2.75) is 38.6 Å². The van der Waals surface area contributed by atoms with Crippen LogP contribution in [-0.4, -0.2) is 13.1 Å². The third-order valence-corrected chi connectivity index (χ3v) is 4.46. The molecule has 0 bridgehead atoms. The summed E-state index contributed by atoms with van der Waals surface area (Å²) in [5.41, 5.74) is 5.44. The fourth-order valence-electron chi connectivity index (χ4n) is 1.58. The SMILES string of the molecule is NCCCCCCCNCc1sccc1Br. The van der Waals surface area contributed by atoms with Crippen LogP contribution in [0.4, 0.5) is 0 Å². The monoisotopic (exact) mass is 304 g/mol. The Kier molecular flexibility index (Phi) is 8.11. The molecule has 0 aliphatic carbocycles. The van der Waals surface area contributed by atoms with Crippen LogP contribution >= 0.6 is 27.3 Å². The van der Waals surface area contributed by atoms with E-state index in [-0.39, 0.29) is 0 Å². The number of thiophene rings is 1. The minimum absolute atomic E-state index is 0.838. The zero-order valence-corrected chi connectivity index (χ0v) is 12.1. The lowest BCUT2D eigenvalue weighted by Crippen LogP contribution is -2.14. The number of nitrogens with two attached hydrogens (primary N) is 1. The molecule has 0 atom stereocenters. The summed E-state index contributed by atoms with van der Waals surface area (Å²) in [6.45, 7) is 2.94. The molecular formula is C12H21BrN2S. The second-order valence-corrected chi connectivity index (χ2v) is 5.78. The second-order valence-electron chi connectivity index (χ2n) is 3.92. The smallest absolute Gasteiger partial charge is 0.0327 e. The van der Waals surface area contributed by atoms with Crippen molar-refractivity contribution in [3.8, 4) is 0 Å². The van der Waals surface area contributed by atoms with Crippen molar-refractivity contribution in [3.63, 3.8) is 0 Å². The van der Waals surface area contributed by atoms with Crippen molar-refractivity contribution < 1.29 is 0 Å². The van der Waals surface area contributed by atoms with E-state index >= 15 is 0 Å². The van der Waals surface area contributed by atoms with Gasteiger partial charge in [-0.1, -0.05) is 19.3 Å². The van der Waals surface area contributed by atoms with Crippen molar-refractivity contribution in [2.24, 2.45) is 5.73 Å². The number of hydrogen-bond donors (Lipinski definition) is 2. The van der Waals surface area contributed by atoms with Crippen LogP contribution in [-0.2, 0) is 6.54 Å². The van der Waals surface area contributed by atoms with Gasteiger partial charge in [0.05, 0.1) is 0 Å². The van der Waals surface area contributed by atoms with Gasteiger partial charge >= 0.3 is 0 Å². The summed E-state index contributed by atoms with van der Waals surface area (Å²) >= 11 is 5.34. The maximum Gasteiger partial charge on any atom is 0.0327 e. The van der Waals surface area contributed by atoms with Crippen LogP contribution in [0.3, 0.4) is 0 Å². The molecule has 1 heterocycles. The molecule has 4 heteroatoms. The number of nitrogens with one attached hydrogen (secondary N) is 1. The number of unbranched alkanes of at least 4 members (excludes halogenated alkanes) is 4. The van der Waals surface area contributed by atoms with E-state index in [0.717, 1.165) is 19.6 Å². The minimum Gasteiger partial charge on any atom is -0.330 e. The predicted molar refractivity (Wildman–Crippen MR) is 75.9 cm³/mol. The van der Waals surface area contributed by atoms with Crippen molar-refractivity contribution in [3.05, 3.63) is 20.8 Å². The summed E-state index contributed by atoms with van der Waals surface area (Å²) in [6.07, 6.45) is 6.37. The fraction of sp³-hybridized carbons (Fsp3) is 0.667. The quantitative estimate of drug-likeness (QED) is 0.685. The van der Waals surface area contributed by atoms with Crippen molar-refractivity contribution in [1.29, 1.82) is 0 Å². The molecule has 0 amide bonds. The molecule has 0 saturated carbocycles. The Bertz CT molecular complexity index is 276. The van der Waals surface area contributed by atoms with Crippen molar-refractivity contribution in [1.82, 2.24) is 5.32 Å². The molecule has 0 aromatic carbocycles. The van der Waals surface area contributed by atoms with E-state index in [1.807, 2.05) is 0 Å². The van der Waals surface area contributed by atoms with Gasteiger partial charge in [0.1, 0.15) is 0 Å². The van der Waals surface area contributed by atoms with Gasteiger partial charge in [-0.3, -0.25) is 0 Å². The molecule has 0 aliphatic heterocycles. The molecule has 0 aliphatic rings. The highest BCUT2D eigenvalue weighted by Gasteiger charge is 1.99. The van der Waals surface area contributed by atoms with Gasteiger partial charge < -0.3 is 11.1 Å². The Morgan fingerprint density at radius 2 is 1.94 bits per heavy atom. The predicted octanol–water partition coefficient (Wildman–Crippen LogP) is 3.51. The van der Waals surface area contributed by atoms with Gasteiger partial charge in [0, 0.05) is 15.9 Å². The van der Waals surface area contributed by atoms with Crippen molar-refractivity contribution >= 4 is 27.3 Å². The molecular weight excluding hydrogens is 284 g/mol. The maximum atomic E-state index is 5.44. The Balaban J connectivity index is 1.91. The van der Waals surface area contributed by atoms with Gasteiger partial charge in [-0.15, -0.1) is 11.3 Å². The molecule has 0 spiro atoms. The summed E-state index contributed by atoms with van der Waals surface area (Å²) in [6, 6.07) is 2.11. The zero-order chi connectivity index (χ0) is 11.6. The van der Waals surface area contributed by atoms with E-state index in [4.69, 9.17) is 5.73 Å². The molecule has 0 radical (unpaired) electrons. The molecule has 1 rings (SSSR count). The van der Waals surface area contributed by atoms with Gasteiger partial charge in [-0.25, -0.2) is 0 Å². The Morgan fingerprint density at radius 3 is 2.62 bits per heavy atom. The number of halogens is 1. The molecule has 0 saturated heterocycles. The summed E-state index contributed by atoms with van der Waals surface area (Å²) in [5, 5.41) is 5.59. The van der Waals surface area contributed by atoms with Gasteiger partial charge in [-0.2, -0.15) is 0 Å². The average molecular weight is 305 g/mol. The van der Waals surface area contributed by atoms with Crippen LogP contribution in [0.25, 0.3) is 0 Å². The van der Waals surface area contributed by atoms with Crippen LogP contribution in [0.15, 0.2) is 15.9 Å². The van der Waals surface area contributed by atoms with E-state index in [0.29, 0.717) is 0 Å². The standard InChI is InChI=1S/C12H21BrN2S/c13-11-6-9-16-12(11)10-15-8-5-3-1-2-4-7-14/h6,9,15H,1-5,7-8,10,14H2. The van der Waals surface area contributed by atoms with Gasteiger partial charge in [0.15, 0.2) is 0 Å². The van der Waals surface area contributed by atoms with Gasteiger partial charge in [0.2, 0.25) is 0 Å². The van der Waals surface area contributed by atoms with Gasteiger partial charge in [0.25, 0.3) is 0 Å². The second kappa shape index (κ2) is 9.16. The van der Waals surface area contributed by atoms with E-state index in [2.05, 4.69) is 32.7 Å². The molecule has 1 aromatic heterocycles. The summed E-state index contributed by atoms with van der Waals surface area (Å²) in [4.78, 5) is 1.39. The normalized spacial score (nSPS) is 10.9. The molecule has 16 heavy (non-hydrogen) atoms.